The molecule has 0 heterocycles. The highest BCUT2D eigenvalue weighted by molar-refractivity contribution is 5.73. The molecule has 8 aromatic rings. The summed E-state index contributed by atoms with van der Waals surface area (Å²) in [7, 11) is 1.72. The number of aliphatic hydroxyl groups excluding tert-OH is 2. The van der Waals surface area contributed by atoms with E-state index in [-0.39, 0.29) is 13.2 Å². The molecular weight excluding hydrogens is 985 g/mol. The highest BCUT2D eigenvalue weighted by Crippen LogP contribution is 2.34. The number of benzene rings is 8. The third-order valence-electron chi connectivity index (χ3n) is 16.7. The molecule has 0 spiro atoms. The van der Waals surface area contributed by atoms with Crippen LogP contribution in [0.3, 0.4) is 0 Å². The first-order chi connectivity index (χ1) is 39.2. The van der Waals surface area contributed by atoms with E-state index < -0.39 is 0 Å². The fourth-order valence-corrected chi connectivity index (χ4v) is 11.7. The molecule has 3 nitrogen and oxygen atoms in total. The molecule has 0 radical (unpaired) electrons. The van der Waals surface area contributed by atoms with Crippen LogP contribution in [0.15, 0.2) is 133 Å². The predicted octanol–water partition coefficient (Wildman–Crippen LogP) is 20.1. The smallest absolute Gasteiger partial charge is 0.122 e. The summed E-state index contributed by atoms with van der Waals surface area (Å²) < 4.78 is 5.51. The summed E-state index contributed by atoms with van der Waals surface area (Å²) in [6.45, 7) is 33.2. The van der Waals surface area contributed by atoms with Crippen molar-refractivity contribution < 1.29 is 14.9 Å². The molecule has 0 unspecified atom stereocenters. The topological polar surface area (TPSA) is 49.7 Å². The Morgan fingerprint density at radius 3 is 1.07 bits per heavy atom. The molecule has 0 saturated carbocycles. The first-order valence-electron chi connectivity index (χ1n) is 30.9. The van der Waals surface area contributed by atoms with E-state index in [2.05, 4.69) is 237 Å². The lowest BCUT2D eigenvalue weighted by atomic mass is 9.91. The molecule has 430 valence electrons. The highest BCUT2D eigenvalue weighted by Gasteiger charge is 2.14. The van der Waals surface area contributed by atoms with E-state index in [0.717, 1.165) is 105 Å². The van der Waals surface area contributed by atoms with Gasteiger partial charge in [-0.3, -0.25) is 0 Å². The SMILES string of the molecule is CCc1ccc(-c2cc(C)c(CC)c(C)c2)cc1CC.CCc1ccc(-c2cc(CC)c(CC)c(CO)c2)cc1OC.CCc1ccc(-c2ccc(CC)c(CC)c2)cc1C.CCc1ccc(-c2ccc(CC)cc2CO)c(CC)c1. The van der Waals surface area contributed by atoms with E-state index in [1.54, 1.807) is 7.11 Å². The Morgan fingerprint density at radius 1 is 0.272 bits per heavy atom. The quantitative estimate of drug-likeness (QED) is 0.0848. The van der Waals surface area contributed by atoms with Gasteiger partial charge in [0.2, 0.25) is 0 Å². The zero-order valence-electron chi connectivity index (χ0n) is 52.9. The second kappa shape index (κ2) is 32.8. The second-order valence-electron chi connectivity index (χ2n) is 21.5. The predicted molar refractivity (Wildman–Crippen MR) is 353 cm³/mol. The third kappa shape index (κ3) is 16.8. The maximum absolute atomic E-state index is 9.70. The molecule has 0 fully saturated rings. The number of hydrogen-bond acceptors (Lipinski definition) is 3. The number of aliphatic hydroxyl groups is 2. The maximum Gasteiger partial charge on any atom is 0.122 e. The molecule has 8 rings (SSSR count). The average molecular weight is 1090 g/mol. The zero-order valence-corrected chi connectivity index (χ0v) is 52.9. The number of aryl methyl sites for hydroxylation is 13. The van der Waals surface area contributed by atoms with Crippen molar-refractivity contribution in [1.82, 2.24) is 0 Å². The van der Waals surface area contributed by atoms with E-state index in [0.29, 0.717) is 0 Å². The summed E-state index contributed by atoms with van der Waals surface area (Å²) in [5.41, 5.74) is 33.1. The molecule has 8 aromatic carbocycles. The van der Waals surface area contributed by atoms with Gasteiger partial charge in [-0.2, -0.15) is 0 Å². The fraction of sp³-hybridized carbons (Fsp3) is 0.385. The number of rotatable bonds is 19. The Morgan fingerprint density at radius 2 is 0.642 bits per heavy atom. The standard InChI is InChI=1S/C20H26O2.C20H26.C19H24O.C19H24/c1-5-14-8-9-16(12-20(14)22-4)17-10-15(6-2)19(7-3)18(11-17)13-21;1-6-16-9-10-18(13-17(16)7-2)19-11-14(4)20(8-3)15(5)12-19;1-4-14-7-9-18(16(6-3)11-14)19-10-8-15(5-2)12-17(19)13-20;1-5-15-8-10-18(12-14(15)4)19-11-9-16(6-2)17(7-3)13-19/h8-12,21H,5-7,13H2,1-4H3;9-13H,6-8H2,1-5H3;7-12,20H,4-6,13H2,1-3H3;8-13H,5-7H2,1-4H3. The van der Waals surface area contributed by atoms with Crippen molar-refractivity contribution >= 4 is 0 Å². The van der Waals surface area contributed by atoms with Gasteiger partial charge in [0, 0.05) is 0 Å². The summed E-state index contributed by atoms with van der Waals surface area (Å²) in [6.07, 6.45) is 12.7. The van der Waals surface area contributed by atoms with Gasteiger partial charge in [0.1, 0.15) is 5.75 Å². The van der Waals surface area contributed by atoms with E-state index >= 15 is 0 Å². The van der Waals surface area contributed by atoms with Crippen LogP contribution in [-0.2, 0) is 90.3 Å². The minimum Gasteiger partial charge on any atom is -0.496 e. The van der Waals surface area contributed by atoms with E-state index in [9.17, 15) is 10.2 Å². The lowest BCUT2D eigenvalue weighted by Crippen LogP contribution is -2.00. The van der Waals surface area contributed by atoms with Crippen molar-refractivity contribution in [2.45, 2.75) is 194 Å². The van der Waals surface area contributed by atoms with Crippen LogP contribution >= 0.6 is 0 Å². The Hall–Kier alpha value is -6.52. The van der Waals surface area contributed by atoms with Gasteiger partial charge in [-0.05, 0) is 249 Å². The number of hydrogen-bond donors (Lipinski definition) is 2. The fourth-order valence-electron chi connectivity index (χ4n) is 11.7. The number of methoxy groups -OCH3 is 1. The van der Waals surface area contributed by atoms with Crippen molar-refractivity contribution in [3.8, 4) is 50.3 Å². The van der Waals surface area contributed by atoms with Crippen LogP contribution < -0.4 is 4.74 Å². The van der Waals surface area contributed by atoms with Gasteiger partial charge in [0.25, 0.3) is 0 Å². The minimum atomic E-state index is 0.0915. The molecule has 0 aliphatic carbocycles. The monoisotopic (exact) mass is 1080 g/mol. The summed E-state index contributed by atoms with van der Waals surface area (Å²) in [6, 6.07) is 49.3. The van der Waals surface area contributed by atoms with Gasteiger partial charge in [-0.1, -0.05) is 204 Å². The van der Waals surface area contributed by atoms with Gasteiger partial charge in [0.15, 0.2) is 0 Å². The van der Waals surface area contributed by atoms with Crippen LogP contribution in [0.25, 0.3) is 44.5 Å². The Labute approximate surface area is 491 Å². The second-order valence-corrected chi connectivity index (χ2v) is 21.5. The van der Waals surface area contributed by atoms with Crippen LogP contribution in [0, 0.1) is 20.8 Å². The molecule has 0 saturated heterocycles. The average Bonchev–Trinajstić information content (AvgIpc) is 3.67. The summed E-state index contributed by atoms with van der Waals surface area (Å²) >= 11 is 0. The summed E-state index contributed by atoms with van der Waals surface area (Å²) in [5, 5.41) is 19.4. The van der Waals surface area contributed by atoms with Crippen molar-refractivity contribution in [3.63, 3.8) is 0 Å². The first kappa shape index (κ1) is 65.3. The molecule has 0 aliphatic rings. The van der Waals surface area contributed by atoms with Crippen LogP contribution in [0.2, 0.25) is 0 Å². The lowest BCUT2D eigenvalue weighted by Gasteiger charge is -2.15. The van der Waals surface area contributed by atoms with Gasteiger partial charge >= 0.3 is 0 Å². The highest BCUT2D eigenvalue weighted by atomic mass is 16.5. The van der Waals surface area contributed by atoms with Crippen LogP contribution in [0.5, 0.6) is 5.75 Å². The molecule has 0 amide bonds. The van der Waals surface area contributed by atoms with Crippen molar-refractivity contribution in [2.24, 2.45) is 0 Å². The van der Waals surface area contributed by atoms with Gasteiger partial charge < -0.3 is 14.9 Å². The van der Waals surface area contributed by atoms with Crippen molar-refractivity contribution in [1.29, 1.82) is 0 Å². The first-order valence-corrected chi connectivity index (χ1v) is 30.9. The number of ether oxygens (including phenoxy) is 1. The lowest BCUT2D eigenvalue weighted by molar-refractivity contribution is 0.280. The van der Waals surface area contributed by atoms with Gasteiger partial charge in [-0.25, -0.2) is 0 Å². The van der Waals surface area contributed by atoms with Crippen molar-refractivity contribution in [2.75, 3.05) is 7.11 Å². The van der Waals surface area contributed by atoms with Gasteiger partial charge in [0.05, 0.1) is 20.3 Å². The molecule has 0 aliphatic heterocycles. The molecule has 0 atom stereocenters. The molecule has 0 bridgehead atoms. The summed E-state index contributed by atoms with van der Waals surface area (Å²) in [4.78, 5) is 0. The summed E-state index contributed by atoms with van der Waals surface area (Å²) in [5.74, 6) is 0.933. The van der Waals surface area contributed by atoms with E-state index in [4.69, 9.17) is 4.74 Å². The van der Waals surface area contributed by atoms with Crippen LogP contribution in [0.1, 0.15) is 178 Å². The zero-order chi connectivity index (χ0) is 59.2. The Bertz CT molecular complexity index is 3180. The maximum atomic E-state index is 9.70. The molecule has 0 aromatic heterocycles. The Balaban J connectivity index is 0.000000198. The molecule has 3 heteroatoms. The normalized spacial score (nSPS) is 10.8. The van der Waals surface area contributed by atoms with Crippen LogP contribution in [-0.4, -0.2) is 17.3 Å². The van der Waals surface area contributed by atoms with E-state index in [1.165, 1.54) is 117 Å². The van der Waals surface area contributed by atoms with Crippen molar-refractivity contribution in [3.05, 3.63) is 228 Å². The molecule has 2 N–H and O–H groups in total. The Kier molecular flexibility index (Phi) is 26.4. The minimum absolute atomic E-state index is 0.0915. The molecule has 81 heavy (non-hydrogen) atoms. The molecular formula is C78H100O3. The third-order valence-corrected chi connectivity index (χ3v) is 16.7. The van der Waals surface area contributed by atoms with Crippen LogP contribution in [0.4, 0.5) is 0 Å². The van der Waals surface area contributed by atoms with Gasteiger partial charge in [-0.15, -0.1) is 0 Å². The largest absolute Gasteiger partial charge is 0.496 e. The van der Waals surface area contributed by atoms with E-state index in [1.807, 2.05) is 0 Å².